The van der Waals surface area contributed by atoms with Crippen molar-refractivity contribution in [2.75, 3.05) is 19.8 Å². The Labute approximate surface area is 148 Å². The molecule has 0 saturated heterocycles. The molecule has 1 N–H and O–H groups in total. The summed E-state index contributed by atoms with van der Waals surface area (Å²) in [5.41, 5.74) is 3.18. The molecule has 1 aromatic heterocycles. The van der Waals surface area contributed by atoms with Crippen LogP contribution < -0.4 is 4.74 Å². The maximum atomic E-state index is 9.42. The van der Waals surface area contributed by atoms with Crippen molar-refractivity contribution in [3.05, 3.63) is 71.9 Å². The van der Waals surface area contributed by atoms with E-state index in [1.165, 1.54) is 5.56 Å². The van der Waals surface area contributed by atoms with Crippen LogP contribution in [-0.2, 0) is 13.1 Å². The summed E-state index contributed by atoms with van der Waals surface area (Å²) in [5.74, 6) is 0.882. The highest BCUT2D eigenvalue weighted by Gasteiger charge is 2.09. The Balaban J connectivity index is 1.74. The first kappa shape index (κ1) is 17.4. The summed E-state index contributed by atoms with van der Waals surface area (Å²) in [4.78, 5) is 6.93. The molecule has 0 aliphatic rings. The molecule has 3 aromatic rings. The van der Waals surface area contributed by atoms with Crippen LogP contribution in [0.3, 0.4) is 0 Å². The van der Waals surface area contributed by atoms with Crippen LogP contribution in [0.5, 0.6) is 5.75 Å². The van der Waals surface area contributed by atoms with Gasteiger partial charge in [0.25, 0.3) is 0 Å². The van der Waals surface area contributed by atoms with Gasteiger partial charge in [0.1, 0.15) is 5.75 Å². The van der Waals surface area contributed by atoms with E-state index in [4.69, 9.17) is 9.72 Å². The van der Waals surface area contributed by atoms with Crippen molar-refractivity contribution in [2.24, 2.45) is 0 Å². The largest absolute Gasteiger partial charge is 0.494 e. The predicted molar refractivity (Wildman–Crippen MR) is 101 cm³/mol. The fourth-order valence-electron chi connectivity index (χ4n) is 2.94. The predicted octanol–water partition coefficient (Wildman–Crippen LogP) is 3.63. The zero-order valence-corrected chi connectivity index (χ0v) is 14.6. The summed E-state index contributed by atoms with van der Waals surface area (Å²) in [6.45, 7) is 4.81. The van der Waals surface area contributed by atoms with Gasteiger partial charge in [0.05, 0.1) is 24.4 Å². The van der Waals surface area contributed by atoms with Gasteiger partial charge in [0.15, 0.2) is 0 Å². The Kier molecular flexibility index (Phi) is 5.99. The number of hydrogen-bond donors (Lipinski definition) is 1. The average Bonchev–Trinajstić information content (AvgIpc) is 2.62. The maximum absolute atomic E-state index is 9.42. The molecule has 0 atom stereocenters. The van der Waals surface area contributed by atoms with Gasteiger partial charge < -0.3 is 9.84 Å². The van der Waals surface area contributed by atoms with Crippen LogP contribution in [0.15, 0.2) is 60.7 Å². The van der Waals surface area contributed by atoms with Gasteiger partial charge in [-0.15, -0.1) is 0 Å². The highest BCUT2D eigenvalue weighted by molar-refractivity contribution is 5.78. The molecule has 0 amide bonds. The van der Waals surface area contributed by atoms with E-state index in [0.29, 0.717) is 19.7 Å². The zero-order valence-electron chi connectivity index (χ0n) is 14.6. The quantitative estimate of drug-likeness (QED) is 0.682. The molecule has 0 saturated carbocycles. The molecule has 4 heteroatoms. The molecule has 0 aliphatic heterocycles. The average molecular weight is 336 g/mol. The fourth-order valence-corrected chi connectivity index (χ4v) is 2.94. The zero-order chi connectivity index (χ0) is 17.5. The molecule has 1 heterocycles. The van der Waals surface area contributed by atoms with E-state index in [1.807, 2.05) is 37.3 Å². The van der Waals surface area contributed by atoms with Gasteiger partial charge in [-0.05, 0) is 36.8 Å². The lowest BCUT2D eigenvalue weighted by molar-refractivity contribution is 0.183. The first-order chi connectivity index (χ1) is 12.3. The van der Waals surface area contributed by atoms with Crippen molar-refractivity contribution in [3.63, 3.8) is 0 Å². The van der Waals surface area contributed by atoms with Crippen molar-refractivity contribution in [1.82, 2.24) is 9.88 Å². The second kappa shape index (κ2) is 8.60. The van der Waals surface area contributed by atoms with Gasteiger partial charge in [0.2, 0.25) is 0 Å². The molecular formula is C21H24N2O2. The second-order valence-electron chi connectivity index (χ2n) is 6.01. The number of benzene rings is 2. The lowest BCUT2D eigenvalue weighted by Gasteiger charge is -2.21. The van der Waals surface area contributed by atoms with Gasteiger partial charge in [-0.3, -0.25) is 9.88 Å². The second-order valence-corrected chi connectivity index (χ2v) is 6.01. The van der Waals surface area contributed by atoms with Crippen molar-refractivity contribution in [1.29, 1.82) is 0 Å². The van der Waals surface area contributed by atoms with Crippen molar-refractivity contribution in [2.45, 2.75) is 20.0 Å². The van der Waals surface area contributed by atoms with E-state index in [1.54, 1.807) is 0 Å². The van der Waals surface area contributed by atoms with Crippen LogP contribution in [0.2, 0.25) is 0 Å². The minimum atomic E-state index is 0.124. The number of aromatic nitrogens is 1. The molecule has 25 heavy (non-hydrogen) atoms. The lowest BCUT2D eigenvalue weighted by atomic mass is 10.1. The first-order valence-corrected chi connectivity index (χ1v) is 8.68. The fraction of sp³-hybridized carbons (Fsp3) is 0.286. The third kappa shape index (κ3) is 4.78. The van der Waals surface area contributed by atoms with Crippen molar-refractivity contribution < 1.29 is 9.84 Å². The third-order valence-electron chi connectivity index (χ3n) is 4.07. The van der Waals surface area contributed by atoms with E-state index >= 15 is 0 Å². The Morgan fingerprint density at radius 1 is 1.00 bits per heavy atom. The summed E-state index contributed by atoms with van der Waals surface area (Å²) in [6.07, 6.45) is 0. The van der Waals surface area contributed by atoms with Crippen LogP contribution >= 0.6 is 0 Å². The molecule has 0 spiro atoms. The van der Waals surface area contributed by atoms with Gasteiger partial charge in [-0.2, -0.15) is 0 Å². The van der Waals surface area contributed by atoms with Gasteiger partial charge >= 0.3 is 0 Å². The molecule has 130 valence electrons. The number of fused-ring (bicyclic) bond motifs is 1. The standard InChI is InChI=1S/C21H24N2O2/c1-2-25-20-8-5-6-17(14-20)15-23(12-13-24)16-19-11-10-18-7-3-4-9-21(18)22-19/h3-11,14,24H,2,12-13,15-16H2,1H3. The topological polar surface area (TPSA) is 45.6 Å². The Bertz CT molecular complexity index is 820. The van der Waals surface area contributed by atoms with Gasteiger partial charge in [0, 0.05) is 25.0 Å². The number of para-hydroxylation sites is 1. The van der Waals surface area contributed by atoms with Crippen LogP contribution in [-0.4, -0.2) is 34.7 Å². The number of pyridine rings is 1. The molecule has 0 fully saturated rings. The van der Waals surface area contributed by atoms with Gasteiger partial charge in [-0.1, -0.05) is 36.4 Å². The SMILES string of the molecule is CCOc1cccc(CN(CCO)Cc2ccc3ccccc3n2)c1. The van der Waals surface area contributed by atoms with Crippen LogP contribution in [0.25, 0.3) is 10.9 Å². The summed E-state index contributed by atoms with van der Waals surface area (Å²) >= 11 is 0. The number of aliphatic hydroxyl groups excluding tert-OH is 1. The summed E-state index contributed by atoms with van der Waals surface area (Å²) in [5, 5.41) is 10.6. The number of aliphatic hydroxyl groups is 1. The number of hydrogen-bond acceptors (Lipinski definition) is 4. The van der Waals surface area contributed by atoms with Crippen LogP contribution in [0.1, 0.15) is 18.2 Å². The highest BCUT2D eigenvalue weighted by atomic mass is 16.5. The lowest BCUT2D eigenvalue weighted by Crippen LogP contribution is -2.26. The van der Waals surface area contributed by atoms with E-state index in [0.717, 1.165) is 28.9 Å². The number of rotatable bonds is 8. The van der Waals surface area contributed by atoms with Gasteiger partial charge in [-0.25, -0.2) is 0 Å². The first-order valence-electron chi connectivity index (χ1n) is 8.68. The van der Waals surface area contributed by atoms with E-state index < -0.39 is 0 Å². The number of ether oxygens (including phenoxy) is 1. The summed E-state index contributed by atoms with van der Waals surface area (Å²) in [6, 6.07) is 20.4. The van der Waals surface area contributed by atoms with Crippen molar-refractivity contribution in [3.8, 4) is 5.75 Å². The third-order valence-corrected chi connectivity index (χ3v) is 4.07. The minimum absolute atomic E-state index is 0.124. The Hall–Kier alpha value is -2.43. The highest BCUT2D eigenvalue weighted by Crippen LogP contribution is 2.17. The van der Waals surface area contributed by atoms with Crippen LogP contribution in [0.4, 0.5) is 0 Å². The molecule has 0 unspecified atom stereocenters. The van der Waals surface area contributed by atoms with E-state index in [9.17, 15) is 5.11 Å². The van der Waals surface area contributed by atoms with E-state index in [-0.39, 0.29) is 6.61 Å². The molecule has 2 aromatic carbocycles. The molecule has 0 aliphatic carbocycles. The van der Waals surface area contributed by atoms with Crippen molar-refractivity contribution >= 4 is 10.9 Å². The normalized spacial score (nSPS) is 11.2. The molecule has 3 rings (SSSR count). The molecular weight excluding hydrogens is 312 g/mol. The molecule has 4 nitrogen and oxygen atoms in total. The monoisotopic (exact) mass is 336 g/mol. The summed E-state index contributed by atoms with van der Waals surface area (Å²) in [7, 11) is 0. The Morgan fingerprint density at radius 3 is 2.72 bits per heavy atom. The smallest absolute Gasteiger partial charge is 0.119 e. The minimum Gasteiger partial charge on any atom is -0.494 e. The van der Waals surface area contributed by atoms with E-state index in [2.05, 4.69) is 35.2 Å². The maximum Gasteiger partial charge on any atom is 0.119 e. The molecule has 0 radical (unpaired) electrons. The van der Waals surface area contributed by atoms with Crippen LogP contribution in [0, 0.1) is 0 Å². The molecule has 0 bridgehead atoms. The Morgan fingerprint density at radius 2 is 1.88 bits per heavy atom. The number of nitrogens with zero attached hydrogens (tertiary/aromatic N) is 2. The summed E-state index contributed by atoms with van der Waals surface area (Å²) < 4.78 is 5.57.